The molecule has 0 radical (unpaired) electrons. The number of aliphatic hydroxyl groups excluding tert-OH is 2. The summed E-state index contributed by atoms with van der Waals surface area (Å²) in [5.74, 6) is -0.127. The van der Waals surface area contributed by atoms with Crippen LogP contribution in [-0.2, 0) is 19.0 Å². The molecule has 0 bridgehead atoms. The number of carbonyl (C=O) groups excluding carboxylic acids is 1. The highest BCUT2D eigenvalue weighted by Crippen LogP contribution is 2.34. The Hall–Kier alpha value is -0.950. The first-order chi connectivity index (χ1) is 20.0. The summed E-state index contributed by atoms with van der Waals surface area (Å²) < 4.78 is 17.7. The SMILES string of the molecule is CCCCCCCCCC[C@H](O)C1CC[C@@H]([C@@H]2CC[C@H]([C@H](O)CCCCCCCCCCC3=C[C@H](C)OC3=O)O2)O1. The van der Waals surface area contributed by atoms with Crippen LogP contribution in [0.1, 0.15) is 162 Å². The largest absolute Gasteiger partial charge is 0.455 e. The van der Waals surface area contributed by atoms with Crippen LogP contribution in [0.4, 0.5) is 0 Å². The molecule has 3 rings (SSSR count). The number of unbranched alkanes of at least 4 members (excludes halogenated alkanes) is 14. The zero-order valence-corrected chi connectivity index (χ0v) is 26.4. The Morgan fingerprint density at radius 3 is 1.56 bits per heavy atom. The molecule has 0 spiro atoms. The molecule has 3 aliphatic rings. The van der Waals surface area contributed by atoms with E-state index < -0.39 is 0 Å². The Morgan fingerprint density at radius 2 is 1.12 bits per heavy atom. The van der Waals surface area contributed by atoms with Crippen LogP contribution in [0, 0.1) is 0 Å². The Kier molecular flexibility index (Phi) is 16.9. The van der Waals surface area contributed by atoms with Crippen LogP contribution in [-0.4, -0.2) is 58.9 Å². The van der Waals surface area contributed by atoms with E-state index in [-0.39, 0.29) is 48.7 Å². The number of ether oxygens (including phenoxy) is 3. The molecular weight excluding hydrogens is 516 g/mol. The smallest absolute Gasteiger partial charge is 0.334 e. The highest BCUT2D eigenvalue weighted by Gasteiger charge is 2.40. The number of aliphatic hydroxyl groups is 2. The molecule has 0 saturated carbocycles. The third-order valence-corrected chi connectivity index (χ3v) is 9.48. The number of carbonyl (C=O) groups is 1. The van der Waals surface area contributed by atoms with Crippen molar-refractivity contribution in [2.24, 2.45) is 0 Å². The molecule has 0 aromatic rings. The van der Waals surface area contributed by atoms with Crippen LogP contribution in [0.25, 0.3) is 0 Å². The van der Waals surface area contributed by atoms with Crippen molar-refractivity contribution >= 4 is 5.97 Å². The Labute approximate surface area is 251 Å². The zero-order chi connectivity index (χ0) is 29.3. The molecule has 41 heavy (non-hydrogen) atoms. The van der Waals surface area contributed by atoms with E-state index in [1.54, 1.807) is 0 Å². The van der Waals surface area contributed by atoms with E-state index in [4.69, 9.17) is 14.2 Å². The lowest BCUT2D eigenvalue weighted by Gasteiger charge is -2.24. The van der Waals surface area contributed by atoms with Gasteiger partial charge in [-0.05, 0) is 64.4 Å². The summed E-state index contributed by atoms with van der Waals surface area (Å²) in [6.07, 6.45) is 27.0. The first kappa shape index (κ1) is 34.5. The van der Waals surface area contributed by atoms with Crippen molar-refractivity contribution in [3.05, 3.63) is 11.6 Å². The van der Waals surface area contributed by atoms with Crippen molar-refractivity contribution in [1.29, 1.82) is 0 Å². The Bertz CT molecular complexity index is 738. The van der Waals surface area contributed by atoms with Gasteiger partial charge in [-0.25, -0.2) is 4.79 Å². The molecule has 0 aromatic heterocycles. The van der Waals surface area contributed by atoms with Gasteiger partial charge in [-0.1, -0.05) is 103 Å². The Balaban J connectivity index is 1.14. The minimum Gasteiger partial charge on any atom is -0.455 e. The normalized spacial score (nSPS) is 27.8. The topological polar surface area (TPSA) is 85.2 Å². The van der Waals surface area contributed by atoms with Gasteiger partial charge in [-0.2, -0.15) is 0 Å². The van der Waals surface area contributed by atoms with E-state index in [1.807, 2.05) is 13.0 Å². The van der Waals surface area contributed by atoms with E-state index >= 15 is 0 Å². The fraction of sp³-hybridized carbons (Fsp3) is 0.914. The molecule has 0 amide bonds. The molecule has 6 nitrogen and oxygen atoms in total. The maximum absolute atomic E-state index is 11.6. The van der Waals surface area contributed by atoms with Crippen molar-refractivity contribution in [3.8, 4) is 0 Å². The number of hydrogen-bond donors (Lipinski definition) is 2. The predicted molar refractivity (Wildman–Crippen MR) is 165 cm³/mol. The van der Waals surface area contributed by atoms with Crippen molar-refractivity contribution < 1.29 is 29.2 Å². The molecule has 3 aliphatic heterocycles. The molecule has 0 aliphatic carbocycles. The summed E-state index contributed by atoms with van der Waals surface area (Å²) in [6.45, 7) is 4.17. The molecule has 6 heteroatoms. The van der Waals surface area contributed by atoms with Gasteiger partial charge in [-0.3, -0.25) is 0 Å². The maximum atomic E-state index is 11.6. The first-order valence-electron chi connectivity index (χ1n) is 17.6. The van der Waals surface area contributed by atoms with Gasteiger partial charge in [0.2, 0.25) is 0 Å². The monoisotopic (exact) mass is 578 g/mol. The van der Waals surface area contributed by atoms with Gasteiger partial charge in [-0.15, -0.1) is 0 Å². The van der Waals surface area contributed by atoms with Gasteiger partial charge in [0.05, 0.1) is 36.6 Å². The van der Waals surface area contributed by atoms with Gasteiger partial charge < -0.3 is 24.4 Å². The molecular formula is C35H62O6. The van der Waals surface area contributed by atoms with E-state index in [9.17, 15) is 15.0 Å². The van der Waals surface area contributed by atoms with E-state index in [0.29, 0.717) is 0 Å². The van der Waals surface area contributed by atoms with Crippen LogP contribution in [0.2, 0.25) is 0 Å². The third-order valence-electron chi connectivity index (χ3n) is 9.48. The number of esters is 1. The van der Waals surface area contributed by atoms with Crippen molar-refractivity contribution in [2.45, 2.75) is 204 Å². The molecule has 7 atom stereocenters. The zero-order valence-electron chi connectivity index (χ0n) is 26.4. The fourth-order valence-corrected chi connectivity index (χ4v) is 6.90. The fourth-order valence-electron chi connectivity index (χ4n) is 6.90. The van der Waals surface area contributed by atoms with Crippen LogP contribution < -0.4 is 0 Å². The number of cyclic esters (lactones) is 1. The summed E-state index contributed by atoms with van der Waals surface area (Å²) in [6, 6.07) is 0. The lowest BCUT2D eigenvalue weighted by Crippen LogP contribution is -2.33. The van der Waals surface area contributed by atoms with Gasteiger partial charge in [0.25, 0.3) is 0 Å². The lowest BCUT2D eigenvalue weighted by atomic mass is 10.0. The molecule has 2 fully saturated rings. The average molecular weight is 579 g/mol. The van der Waals surface area contributed by atoms with Crippen molar-refractivity contribution in [1.82, 2.24) is 0 Å². The van der Waals surface area contributed by atoms with Crippen LogP contribution >= 0.6 is 0 Å². The van der Waals surface area contributed by atoms with Crippen LogP contribution in [0.5, 0.6) is 0 Å². The summed E-state index contributed by atoms with van der Waals surface area (Å²) in [7, 11) is 0. The summed E-state index contributed by atoms with van der Waals surface area (Å²) in [5, 5.41) is 21.4. The minimum absolute atomic E-state index is 0.0514. The highest BCUT2D eigenvalue weighted by molar-refractivity contribution is 5.90. The van der Waals surface area contributed by atoms with Gasteiger partial charge >= 0.3 is 5.97 Å². The van der Waals surface area contributed by atoms with E-state index in [0.717, 1.165) is 76.2 Å². The molecule has 3 heterocycles. The number of rotatable bonds is 23. The van der Waals surface area contributed by atoms with Crippen molar-refractivity contribution in [3.63, 3.8) is 0 Å². The van der Waals surface area contributed by atoms with Crippen LogP contribution in [0.15, 0.2) is 11.6 Å². The molecule has 0 aromatic carbocycles. The highest BCUT2D eigenvalue weighted by atomic mass is 16.6. The van der Waals surface area contributed by atoms with Crippen LogP contribution in [0.3, 0.4) is 0 Å². The quantitative estimate of drug-likeness (QED) is 0.0941. The Morgan fingerprint density at radius 1 is 0.683 bits per heavy atom. The lowest BCUT2D eigenvalue weighted by molar-refractivity contribution is -0.139. The predicted octanol–water partition coefficient (Wildman–Crippen LogP) is 8.11. The van der Waals surface area contributed by atoms with Crippen molar-refractivity contribution in [2.75, 3.05) is 0 Å². The summed E-state index contributed by atoms with van der Waals surface area (Å²) in [4.78, 5) is 11.6. The molecule has 2 saturated heterocycles. The summed E-state index contributed by atoms with van der Waals surface area (Å²) >= 11 is 0. The second kappa shape index (κ2) is 20.1. The summed E-state index contributed by atoms with van der Waals surface area (Å²) in [5.41, 5.74) is 0.858. The second-order valence-corrected chi connectivity index (χ2v) is 13.1. The van der Waals surface area contributed by atoms with Gasteiger partial charge in [0.15, 0.2) is 0 Å². The average Bonchev–Trinajstić information content (AvgIpc) is 3.71. The third kappa shape index (κ3) is 13.1. The maximum Gasteiger partial charge on any atom is 0.334 e. The minimum atomic E-state index is -0.385. The van der Waals surface area contributed by atoms with Gasteiger partial charge in [0, 0.05) is 5.57 Å². The molecule has 2 N–H and O–H groups in total. The number of hydrogen-bond acceptors (Lipinski definition) is 6. The van der Waals surface area contributed by atoms with E-state index in [1.165, 1.54) is 77.0 Å². The van der Waals surface area contributed by atoms with Gasteiger partial charge in [0.1, 0.15) is 6.10 Å². The molecule has 1 unspecified atom stereocenters. The first-order valence-corrected chi connectivity index (χ1v) is 17.6. The standard InChI is InChI=1S/C35H62O6/c1-3-4-5-6-7-11-14-17-20-29(36)31-22-24-33(40-31)34-25-23-32(41-34)30(37)21-18-15-12-9-8-10-13-16-19-28-26-27(2)39-35(28)38/h26-27,29-34,36-37H,3-25H2,1-2H3/t27-,29-,30+,31?,32+,33-,34-/m0/s1. The molecule has 238 valence electrons. The van der Waals surface area contributed by atoms with E-state index in [2.05, 4.69) is 6.92 Å². The second-order valence-electron chi connectivity index (χ2n) is 13.1.